The number of anilines is 3. The Morgan fingerprint density at radius 2 is 2.00 bits per heavy atom. The SMILES string of the molecule is CCc1ccc(C(=O)Nc2cnc(C)c(N3CC(c4cncc(N5CCN(CCCOC)CC5)c4)N=N3)c2)s1. The number of carbonyl (C=O) groups excluding carboxylic acids is 1. The second-order valence-electron chi connectivity index (χ2n) is 9.86. The number of amides is 1. The quantitative estimate of drug-likeness (QED) is 0.365. The number of aromatic nitrogens is 2. The Morgan fingerprint density at radius 1 is 1.15 bits per heavy atom. The van der Waals surface area contributed by atoms with Crippen LogP contribution in [-0.4, -0.2) is 73.8 Å². The summed E-state index contributed by atoms with van der Waals surface area (Å²) < 4.78 is 5.18. The highest BCUT2D eigenvalue weighted by Crippen LogP contribution is 2.33. The number of pyridine rings is 2. The highest BCUT2D eigenvalue weighted by Gasteiger charge is 2.26. The zero-order valence-corrected chi connectivity index (χ0v) is 23.7. The maximum absolute atomic E-state index is 12.7. The Morgan fingerprint density at radius 3 is 2.77 bits per heavy atom. The minimum absolute atomic E-state index is 0.121. The van der Waals surface area contributed by atoms with Crippen LogP contribution in [0.15, 0.2) is 53.2 Å². The number of hydrogen-bond acceptors (Lipinski definition) is 10. The van der Waals surface area contributed by atoms with Gasteiger partial charge in [-0.2, -0.15) is 5.11 Å². The number of rotatable bonds is 10. The molecule has 1 N–H and O–H groups in total. The third-order valence-corrected chi connectivity index (χ3v) is 8.39. The molecule has 11 heteroatoms. The third-order valence-electron chi connectivity index (χ3n) is 7.16. The van der Waals surface area contributed by atoms with E-state index in [1.54, 1.807) is 13.3 Å². The van der Waals surface area contributed by atoms with Crippen LogP contribution in [0.5, 0.6) is 0 Å². The molecule has 3 aromatic rings. The van der Waals surface area contributed by atoms with Gasteiger partial charge in [-0.1, -0.05) is 12.1 Å². The van der Waals surface area contributed by atoms with Gasteiger partial charge in [0.2, 0.25) is 0 Å². The van der Waals surface area contributed by atoms with E-state index in [4.69, 9.17) is 4.74 Å². The second-order valence-corrected chi connectivity index (χ2v) is 11.0. The number of hydrogen-bond donors (Lipinski definition) is 1. The lowest BCUT2D eigenvalue weighted by molar-refractivity contribution is 0.103. The van der Waals surface area contributed by atoms with Crippen LogP contribution in [0.25, 0.3) is 0 Å². The van der Waals surface area contributed by atoms with Crippen molar-refractivity contribution in [2.24, 2.45) is 10.3 Å². The van der Waals surface area contributed by atoms with E-state index in [0.717, 1.165) is 74.8 Å². The van der Waals surface area contributed by atoms with Crippen LogP contribution in [0.3, 0.4) is 0 Å². The maximum atomic E-state index is 12.7. The lowest BCUT2D eigenvalue weighted by Gasteiger charge is -2.36. The molecule has 1 atom stereocenters. The molecule has 206 valence electrons. The van der Waals surface area contributed by atoms with Gasteiger partial charge in [-0.3, -0.25) is 19.7 Å². The number of aryl methyl sites for hydroxylation is 2. The Kier molecular flexibility index (Phi) is 8.80. The first-order valence-corrected chi connectivity index (χ1v) is 14.3. The number of piperazine rings is 1. The summed E-state index contributed by atoms with van der Waals surface area (Å²) in [7, 11) is 1.75. The molecule has 0 aliphatic carbocycles. The largest absolute Gasteiger partial charge is 0.385 e. The lowest BCUT2D eigenvalue weighted by Crippen LogP contribution is -2.46. The number of carbonyl (C=O) groups is 1. The highest BCUT2D eigenvalue weighted by molar-refractivity contribution is 7.14. The smallest absolute Gasteiger partial charge is 0.265 e. The Hall–Kier alpha value is -3.41. The van der Waals surface area contributed by atoms with E-state index in [1.807, 2.05) is 42.5 Å². The molecule has 1 fully saturated rings. The number of ether oxygens (including phenoxy) is 1. The molecule has 2 aliphatic rings. The van der Waals surface area contributed by atoms with Crippen LogP contribution in [0.1, 0.15) is 45.2 Å². The molecule has 1 saturated heterocycles. The fourth-order valence-corrected chi connectivity index (χ4v) is 5.72. The van der Waals surface area contributed by atoms with Gasteiger partial charge in [0.15, 0.2) is 0 Å². The summed E-state index contributed by atoms with van der Waals surface area (Å²) in [4.78, 5) is 28.5. The molecule has 10 nitrogen and oxygen atoms in total. The van der Waals surface area contributed by atoms with Gasteiger partial charge < -0.3 is 15.0 Å². The van der Waals surface area contributed by atoms with E-state index in [0.29, 0.717) is 17.1 Å². The van der Waals surface area contributed by atoms with Crippen LogP contribution in [-0.2, 0) is 11.2 Å². The van der Waals surface area contributed by atoms with Crippen LogP contribution < -0.4 is 15.2 Å². The first-order valence-electron chi connectivity index (χ1n) is 13.5. The monoisotopic (exact) mass is 548 g/mol. The minimum atomic E-state index is -0.129. The zero-order chi connectivity index (χ0) is 27.2. The summed E-state index contributed by atoms with van der Waals surface area (Å²) in [5, 5.41) is 13.8. The molecule has 0 radical (unpaired) electrons. The first kappa shape index (κ1) is 27.2. The van der Waals surface area contributed by atoms with Crippen molar-refractivity contribution in [1.29, 1.82) is 0 Å². The van der Waals surface area contributed by atoms with Gasteiger partial charge in [-0.05, 0) is 44.0 Å². The zero-order valence-electron chi connectivity index (χ0n) is 22.8. The number of thiophene rings is 1. The average molecular weight is 549 g/mol. The Labute approximate surface area is 233 Å². The number of nitrogens with one attached hydrogen (secondary N) is 1. The molecule has 5 heterocycles. The van der Waals surface area contributed by atoms with Gasteiger partial charge in [-0.15, -0.1) is 11.3 Å². The molecule has 1 unspecified atom stereocenters. The van der Waals surface area contributed by atoms with Crippen LogP contribution >= 0.6 is 11.3 Å². The lowest BCUT2D eigenvalue weighted by atomic mass is 10.1. The van der Waals surface area contributed by atoms with Gasteiger partial charge in [0.1, 0.15) is 6.04 Å². The highest BCUT2D eigenvalue weighted by atomic mass is 32.1. The van der Waals surface area contributed by atoms with Gasteiger partial charge >= 0.3 is 0 Å². The molecule has 0 spiro atoms. The van der Waals surface area contributed by atoms with Gasteiger partial charge in [0.25, 0.3) is 5.91 Å². The molecule has 2 aliphatic heterocycles. The van der Waals surface area contributed by atoms with E-state index >= 15 is 0 Å². The van der Waals surface area contributed by atoms with Crippen LogP contribution in [0, 0.1) is 6.92 Å². The predicted octanol–water partition coefficient (Wildman–Crippen LogP) is 4.75. The number of nitrogens with zero attached hydrogens (tertiary/aromatic N) is 7. The van der Waals surface area contributed by atoms with Crippen LogP contribution in [0.2, 0.25) is 0 Å². The predicted molar refractivity (Wildman–Crippen MR) is 155 cm³/mol. The summed E-state index contributed by atoms with van der Waals surface area (Å²) in [6.07, 6.45) is 7.48. The summed E-state index contributed by atoms with van der Waals surface area (Å²) in [5.41, 5.74) is 4.46. The van der Waals surface area contributed by atoms with Gasteiger partial charge in [-0.25, -0.2) is 5.01 Å². The van der Waals surface area contributed by atoms with Gasteiger partial charge in [0.05, 0.1) is 46.6 Å². The Balaban J connectivity index is 1.21. The minimum Gasteiger partial charge on any atom is -0.385 e. The summed E-state index contributed by atoms with van der Waals surface area (Å²) in [6.45, 7) is 10.5. The van der Waals surface area contributed by atoms with E-state index in [9.17, 15) is 4.79 Å². The molecular formula is C28H36N8O2S. The molecule has 1 amide bonds. The Bertz CT molecular complexity index is 1300. The van der Waals surface area contributed by atoms with E-state index < -0.39 is 0 Å². The number of methoxy groups -OCH3 is 1. The molecule has 0 saturated carbocycles. The first-order chi connectivity index (χ1) is 19.0. The molecule has 39 heavy (non-hydrogen) atoms. The van der Waals surface area contributed by atoms with E-state index in [1.165, 1.54) is 16.2 Å². The molecular weight excluding hydrogens is 512 g/mol. The van der Waals surface area contributed by atoms with Crippen molar-refractivity contribution in [2.75, 3.05) is 68.2 Å². The summed E-state index contributed by atoms with van der Waals surface area (Å²) in [5.74, 6) is -0.129. The van der Waals surface area contributed by atoms with Crippen molar-refractivity contribution in [1.82, 2.24) is 14.9 Å². The van der Waals surface area contributed by atoms with Gasteiger partial charge in [0, 0.05) is 63.1 Å². The third kappa shape index (κ3) is 6.60. The fraction of sp³-hybridized carbons (Fsp3) is 0.464. The molecule has 5 rings (SSSR count). The second kappa shape index (κ2) is 12.6. The molecule has 0 bridgehead atoms. The summed E-state index contributed by atoms with van der Waals surface area (Å²) in [6, 6.07) is 7.84. The van der Waals surface area contributed by atoms with Crippen LogP contribution in [0.4, 0.5) is 17.1 Å². The van der Waals surface area contributed by atoms with Crippen molar-refractivity contribution in [2.45, 2.75) is 32.7 Å². The normalized spacial score (nSPS) is 17.7. The van der Waals surface area contributed by atoms with Crippen molar-refractivity contribution >= 4 is 34.3 Å². The topological polar surface area (TPSA) is 98.6 Å². The maximum Gasteiger partial charge on any atom is 0.265 e. The van der Waals surface area contributed by atoms with E-state index in [2.05, 4.69) is 48.4 Å². The van der Waals surface area contributed by atoms with Crippen molar-refractivity contribution < 1.29 is 9.53 Å². The fourth-order valence-electron chi connectivity index (χ4n) is 4.88. The summed E-state index contributed by atoms with van der Waals surface area (Å²) >= 11 is 1.51. The van der Waals surface area contributed by atoms with Crippen molar-refractivity contribution in [3.05, 3.63) is 63.9 Å². The van der Waals surface area contributed by atoms with E-state index in [-0.39, 0.29) is 11.9 Å². The average Bonchev–Trinajstić information content (AvgIpc) is 3.65. The van der Waals surface area contributed by atoms with Crippen molar-refractivity contribution in [3.63, 3.8) is 0 Å². The molecule has 0 aromatic carbocycles. The van der Waals surface area contributed by atoms with Crippen molar-refractivity contribution in [3.8, 4) is 0 Å². The molecule has 3 aromatic heterocycles. The standard InChI is InChI=1S/C28H36N8O2S/c1-4-24-6-7-27(39-24)28(37)31-22-15-26(20(2)30-17-22)36-19-25(32-33-36)21-14-23(18-29-16-21)35-11-9-34(10-12-35)8-5-13-38-3/h6-7,14-18,25H,4-5,8-13,19H2,1-3H3,(H,31,37).